The van der Waals surface area contributed by atoms with E-state index in [0.29, 0.717) is 5.41 Å². The van der Waals surface area contributed by atoms with Gasteiger partial charge in [-0.25, -0.2) is 0 Å². The minimum absolute atomic E-state index is 0.513. The largest absolute Gasteiger partial charge is 0.316 e. The zero-order valence-corrected chi connectivity index (χ0v) is 12.7. The van der Waals surface area contributed by atoms with Gasteiger partial charge in [-0.2, -0.15) is 0 Å². The first-order chi connectivity index (χ1) is 9.26. The summed E-state index contributed by atoms with van der Waals surface area (Å²) < 4.78 is 0. The second kappa shape index (κ2) is 7.09. The van der Waals surface area contributed by atoms with Crippen LogP contribution >= 0.6 is 0 Å². The first kappa shape index (κ1) is 14.6. The van der Waals surface area contributed by atoms with Gasteiger partial charge >= 0.3 is 0 Å². The molecule has 1 aliphatic rings. The van der Waals surface area contributed by atoms with E-state index in [9.17, 15) is 0 Å². The molecule has 1 nitrogen and oxygen atoms in total. The molecule has 0 aliphatic heterocycles. The predicted molar refractivity (Wildman–Crippen MR) is 83.6 cm³/mol. The first-order valence-corrected chi connectivity index (χ1v) is 8.01. The van der Waals surface area contributed by atoms with Crippen LogP contribution in [0.2, 0.25) is 0 Å². The molecule has 1 aromatic rings. The van der Waals surface area contributed by atoms with Crippen LogP contribution in [0.5, 0.6) is 0 Å². The molecule has 0 spiro atoms. The van der Waals surface area contributed by atoms with Crippen molar-refractivity contribution in [2.24, 2.45) is 5.41 Å². The van der Waals surface area contributed by atoms with Crippen LogP contribution in [0.3, 0.4) is 0 Å². The fraction of sp³-hybridized carbons (Fsp3) is 0.667. The Morgan fingerprint density at radius 2 is 1.84 bits per heavy atom. The van der Waals surface area contributed by atoms with Crippen molar-refractivity contribution in [2.45, 2.75) is 58.8 Å². The summed E-state index contributed by atoms with van der Waals surface area (Å²) in [6, 6.07) is 8.93. The summed E-state index contributed by atoms with van der Waals surface area (Å²) in [5, 5.41) is 3.69. The van der Waals surface area contributed by atoms with Crippen LogP contribution in [0, 0.1) is 12.3 Å². The summed E-state index contributed by atoms with van der Waals surface area (Å²) in [5.41, 5.74) is 3.53. The summed E-state index contributed by atoms with van der Waals surface area (Å²) in [6.07, 6.45) is 9.57. The van der Waals surface area contributed by atoms with Crippen LogP contribution in [0.4, 0.5) is 0 Å². The molecule has 1 aliphatic carbocycles. The van der Waals surface area contributed by atoms with E-state index in [1.807, 2.05) is 0 Å². The molecule has 0 bridgehead atoms. The Balaban J connectivity index is 2.06. The van der Waals surface area contributed by atoms with E-state index >= 15 is 0 Å². The number of aryl methyl sites for hydroxylation is 1. The van der Waals surface area contributed by atoms with E-state index in [0.717, 1.165) is 6.54 Å². The molecule has 1 heteroatoms. The number of nitrogens with one attached hydrogen (secondary N) is 1. The third-order valence-corrected chi connectivity index (χ3v) is 4.67. The highest BCUT2D eigenvalue weighted by Crippen LogP contribution is 2.39. The van der Waals surface area contributed by atoms with Crippen molar-refractivity contribution in [3.8, 4) is 0 Å². The van der Waals surface area contributed by atoms with Gasteiger partial charge in [-0.3, -0.25) is 0 Å². The third-order valence-electron chi connectivity index (χ3n) is 4.67. The van der Waals surface area contributed by atoms with Gasteiger partial charge in [0.1, 0.15) is 0 Å². The van der Waals surface area contributed by atoms with Gasteiger partial charge in [0.15, 0.2) is 0 Å². The highest BCUT2D eigenvalue weighted by molar-refractivity contribution is 5.27. The van der Waals surface area contributed by atoms with Crippen LogP contribution < -0.4 is 5.32 Å². The number of hydrogen-bond acceptors (Lipinski definition) is 1. The van der Waals surface area contributed by atoms with Gasteiger partial charge in [0, 0.05) is 6.54 Å². The molecule has 0 atom stereocenters. The van der Waals surface area contributed by atoms with Gasteiger partial charge in [-0.1, -0.05) is 50.5 Å². The Morgan fingerprint density at radius 1 is 1.11 bits per heavy atom. The van der Waals surface area contributed by atoms with Crippen LogP contribution in [0.15, 0.2) is 24.3 Å². The minimum atomic E-state index is 0.513. The molecular weight excluding hydrogens is 230 g/mol. The molecule has 0 amide bonds. The fourth-order valence-electron chi connectivity index (χ4n) is 3.46. The molecule has 19 heavy (non-hydrogen) atoms. The molecule has 106 valence electrons. The van der Waals surface area contributed by atoms with E-state index in [4.69, 9.17) is 0 Å². The Kier molecular flexibility index (Phi) is 5.45. The summed E-state index contributed by atoms with van der Waals surface area (Å²) >= 11 is 0. The highest BCUT2D eigenvalue weighted by atomic mass is 14.9. The summed E-state index contributed by atoms with van der Waals surface area (Å²) in [5.74, 6) is 0. The Bertz CT molecular complexity index is 377. The molecule has 0 saturated heterocycles. The van der Waals surface area contributed by atoms with Crippen molar-refractivity contribution in [2.75, 3.05) is 13.1 Å². The number of rotatable bonds is 6. The standard InChI is InChI=1S/C18H29N/c1-3-13-19-15-18(11-7-4-8-12-18)14-17-10-6-5-9-16(17)2/h5-6,9-10,19H,3-4,7-8,11-15H2,1-2H3. The lowest BCUT2D eigenvalue weighted by Crippen LogP contribution is -2.38. The Morgan fingerprint density at radius 3 is 2.53 bits per heavy atom. The second-order valence-electron chi connectivity index (χ2n) is 6.34. The summed E-state index contributed by atoms with van der Waals surface area (Å²) in [7, 11) is 0. The summed E-state index contributed by atoms with van der Waals surface area (Å²) in [6.45, 7) is 6.87. The molecule has 1 fully saturated rings. The van der Waals surface area contributed by atoms with E-state index in [1.165, 1.54) is 57.1 Å². The van der Waals surface area contributed by atoms with Crippen LogP contribution in [0.25, 0.3) is 0 Å². The van der Waals surface area contributed by atoms with Gasteiger partial charge in [0.25, 0.3) is 0 Å². The van der Waals surface area contributed by atoms with Gasteiger partial charge in [0.2, 0.25) is 0 Å². The van der Waals surface area contributed by atoms with Crippen molar-refractivity contribution in [1.82, 2.24) is 5.32 Å². The molecular formula is C18H29N. The molecule has 0 aromatic heterocycles. The lowest BCUT2D eigenvalue weighted by molar-refractivity contribution is 0.181. The SMILES string of the molecule is CCCNCC1(Cc2ccccc2C)CCCCC1. The molecule has 0 heterocycles. The van der Waals surface area contributed by atoms with Crippen LogP contribution in [-0.2, 0) is 6.42 Å². The monoisotopic (exact) mass is 259 g/mol. The zero-order valence-electron chi connectivity index (χ0n) is 12.7. The molecule has 2 rings (SSSR count). The molecule has 1 saturated carbocycles. The zero-order chi connectivity index (χ0) is 13.6. The number of benzene rings is 1. The fourth-order valence-corrected chi connectivity index (χ4v) is 3.46. The van der Waals surface area contributed by atoms with E-state index in [1.54, 1.807) is 5.56 Å². The van der Waals surface area contributed by atoms with E-state index < -0.39 is 0 Å². The smallest absolute Gasteiger partial charge is 0.00110 e. The average molecular weight is 259 g/mol. The van der Waals surface area contributed by atoms with Crippen molar-refractivity contribution in [1.29, 1.82) is 0 Å². The van der Waals surface area contributed by atoms with Crippen molar-refractivity contribution < 1.29 is 0 Å². The topological polar surface area (TPSA) is 12.0 Å². The maximum Gasteiger partial charge on any atom is 0.00110 e. The normalized spacial score (nSPS) is 18.4. The molecule has 1 N–H and O–H groups in total. The quantitative estimate of drug-likeness (QED) is 0.742. The van der Waals surface area contributed by atoms with Crippen molar-refractivity contribution >= 4 is 0 Å². The van der Waals surface area contributed by atoms with Gasteiger partial charge in [-0.05, 0) is 55.7 Å². The molecule has 0 unspecified atom stereocenters. The Labute approximate surface area is 118 Å². The van der Waals surface area contributed by atoms with Crippen LogP contribution in [-0.4, -0.2) is 13.1 Å². The highest BCUT2D eigenvalue weighted by Gasteiger charge is 2.32. The molecule has 0 radical (unpaired) electrons. The van der Waals surface area contributed by atoms with Gasteiger partial charge in [0.05, 0.1) is 0 Å². The first-order valence-electron chi connectivity index (χ1n) is 8.01. The number of hydrogen-bond donors (Lipinski definition) is 1. The van der Waals surface area contributed by atoms with E-state index in [2.05, 4.69) is 43.4 Å². The third kappa shape index (κ3) is 4.07. The van der Waals surface area contributed by atoms with Crippen LogP contribution in [0.1, 0.15) is 56.6 Å². The van der Waals surface area contributed by atoms with Crippen molar-refractivity contribution in [3.63, 3.8) is 0 Å². The van der Waals surface area contributed by atoms with Gasteiger partial charge < -0.3 is 5.32 Å². The van der Waals surface area contributed by atoms with Crippen molar-refractivity contribution in [3.05, 3.63) is 35.4 Å². The second-order valence-corrected chi connectivity index (χ2v) is 6.34. The lowest BCUT2D eigenvalue weighted by Gasteiger charge is -2.38. The average Bonchev–Trinajstić information content (AvgIpc) is 2.43. The van der Waals surface area contributed by atoms with E-state index in [-0.39, 0.29) is 0 Å². The Hall–Kier alpha value is -0.820. The molecule has 1 aromatic carbocycles. The lowest BCUT2D eigenvalue weighted by atomic mass is 9.70. The maximum atomic E-state index is 3.69. The summed E-state index contributed by atoms with van der Waals surface area (Å²) in [4.78, 5) is 0. The predicted octanol–water partition coefficient (Wildman–Crippen LogP) is 4.49. The minimum Gasteiger partial charge on any atom is -0.316 e. The van der Waals surface area contributed by atoms with Gasteiger partial charge in [-0.15, -0.1) is 0 Å². The maximum absolute atomic E-state index is 3.69.